The number of rotatable bonds is 4. The molecule has 2 aliphatic rings. The van der Waals surface area contributed by atoms with Crippen molar-refractivity contribution in [1.29, 1.82) is 0 Å². The quantitative estimate of drug-likeness (QED) is 0.589. The first kappa shape index (κ1) is 21.9. The molecule has 1 atom stereocenters. The highest BCUT2D eigenvalue weighted by Crippen LogP contribution is 2.30. The van der Waals surface area contributed by atoms with E-state index in [4.69, 9.17) is 4.98 Å². The van der Waals surface area contributed by atoms with Crippen LogP contribution in [0.15, 0.2) is 54.7 Å². The van der Waals surface area contributed by atoms with Gasteiger partial charge in [-0.1, -0.05) is 24.3 Å². The number of nitrogens with zero attached hydrogens (tertiary/aromatic N) is 5. The highest BCUT2D eigenvalue weighted by Gasteiger charge is 2.32. The highest BCUT2D eigenvalue weighted by molar-refractivity contribution is 7.88. The average Bonchev–Trinajstić information content (AvgIpc) is 3.24. The lowest BCUT2D eigenvalue weighted by Gasteiger charge is -2.35. The van der Waals surface area contributed by atoms with Gasteiger partial charge < -0.3 is 14.2 Å². The summed E-state index contributed by atoms with van der Waals surface area (Å²) in [6, 6.07) is 16.0. The summed E-state index contributed by atoms with van der Waals surface area (Å²) in [7, 11) is -3.26. The summed E-state index contributed by atoms with van der Waals surface area (Å²) in [5, 5.41) is 0. The molecule has 0 N–H and O–H groups in total. The summed E-state index contributed by atoms with van der Waals surface area (Å²) in [4.78, 5) is 22.5. The van der Waals surface area contributed by atoms with Crippen molar-refractivity contribution in [2.45, 2.75) is 18.8 Å². The molecule has 8 nitrogen and oxygen atoms in total. The lowest BCUT2D eigenvalue weighted by Crippen LogP contribution is -2.49. The molecule has 0 aliphatic carbocycles. The van der Waals surface area contributed by atoms with Crippen LogP contribution in [0.25, 0.3) is 5.52 Å². The lowest BCUT2D eigenvalue weighted by molar-refractivity contribution is 0.0743. The van der Waals surface area contributed by atoms with Gasteiger partial charge >= 0.3 is 0 Å². The predicted octanol–water partition coefficient (Wildman–Crippen LogP) is 2.44. The summed E-state index contributed by atoms with van der Waals surface area (Å²) in [5.41, 5.74) is 2.40. The normalized spacial score (nSPS) is 20.3. The summed E-state index contributed by atoms with van der Waals surface area (Å²) < 4.78 is 27.7. The van der Waals surface area contributed by atoms with Gasteiger partial charge in [0.1, 0.15) is 5.82 Å². The Morgan fingerprint density at radius 3 is 2.42 bits per heavy atom. The van der Waals surface area contributed by atoms with Crippen LogP contribution in [0.5, 0.6) is 0 Å². The molecule has 2 fully saturated rings. The zero-order valence-corrected chi connectivity index (χ0v) is 19.6. The SMILES string of the molecule is CS(=O)(=O)N1CCCC(c2nc(C(=O)N3CCN(c4ccccc4)CC3)c3ccccn23)C1. The summed E-state index contributed by atoms with van der Waals surface area (Å²) >= 11 is 0. The topological polar surface area (TPSA) is 78.2 Å². The molecule has 3 aromatic rings. The maximum Gasteiger partial charge on any atom is 0.274 e. The number of carbonyl (C=O) groups is 1. The third-order valence-electron chi connectivity index (χ3n) is 6.68. The van der Waals surface area contributed by atoms with Crippen LogP contribution >= 0.6 is 0 Å². The first-order chi connectivity index (χ1) is 15.9. The number of carbonyl (C=O) groups excluding carboxylic acids is 1. The minimum atomic E-state index is -3.26. The van der Waals surface area contributed by atoms with Crippen LogP contribution in [0.4, 0.5) is 5.69 Å². The van der Waals surface area contributed by atoms with Crippen LogP contribution < -0.4 is 4.90 Å². The Morgan fingerprint density at radius 2 is 1.70 bits per heavy atom. The molecule has 1 amide bonds. The van der Waals surface area contributed by atoms with Crippen molar-refractivity contribution in [3.8, 4) is 0 Å². The third-order valence-corrected chi connectivity index (χ3v) is 7.95. The minimum absolute atomic E-state index is 0.0418. The van der Waals surface area contributed by atoms with Gasteiger partial charge in [0.25, 0.3) is 5.91 Å². The molecule has 1 unspecified atom stereocenters. The number of anilines is 1. The molecule has 2 aliphatic heterocycles. The number of amides is 1. The summed E-state index contributed by atoms with van der Waals surface area (Å²) in [5.74, 6) is 0.665. The first-order valence-corrected chi connectivity index (χ1v) is 13.3. The Hall–Kier alpha value is -2.91. The number of benzene rings is 1. The maximum atomic E-state index is 13.5. The number of pyridine rings is 1. The Labute approximate surface area is 194 Å². The number of fused-ring (bicyclic) bond motifs is 1. The predicted molar refractivity (Wildman–Crippen MR) is 128 cm³/mol. The Kier molecular flexibility index (Phi) is 5.84. The van der Waals surface area contributed by atoms with Gasteiger partial charge in [-0.2, -0.15) is 0 Å². The number of imidazole rings is 1. The van der Waals surface area contributed by atoms with Gasteiger partial charge in [-0.15, -0.1) is 0 Å². The fourth-order valence-electron chi connectivity index (χ4n) is 4.92. The monoisotopic (exact) mass is 467 g/mol. The zero-order valence-electron chi connectivity index (χ0n) is 18.8. The zero-order chi connectivity index (χ0) is 23.0. The van der Waals surface area contributed by atoms with Crippen molar-refractivity contribution in [2.75, 3.05) is 50.4 Å². The van der Waals surface area contributed by atoms with Gasteiger partial charge in [0.15, 0.2) is 5.69 Å². The van der Waals surface area contributed by atoms with Crippen molar-refractivity contribution in [2.24, 2.45) is 0 Å². The number of aromatic nitrogens is 2. The molecular formula is C24H29N5O3S. The van der Waals surface area contributed by atoms with Crippen molar-refractivity contribution < 1.29 is 13.2 Å². The van der Waals surface area contributed by atoms with Gasteiger partial charge in [0, 0.05) is 57.1 Å². The second-order valence-electron chi connectivity index (χ2n) is 8.85. The van der Waals surface area contributed by atoms with E-state index in [0.717, 1.165) is 37.3 Å². The molecule has 2 aromatic heterocycles. The molecule has 0 radical (unpaired) electrons. The van der Waals surface area contributed by atoms with E-state index in [0.29, 0.717) is 31.9 Å². The van der Waals surface area contributed by atoms with Crippen molar-refractivity contribution in [3.05, 3.63) is 66.2 Å². The van der Waals surface area contributed by atoms with Crippen LogP contribution in [0.2, 0.25) is 0 Å². The summed E-state index contributed by atoms with van der Waals surface area (Å²) in [6.07, 6.45) is 4.80. The van der Waals surface area contributed by atoms with Crippen molar-refractivity contribution >= 4 is 27.1 Å². The molecule has 1 aromatic carbocycles. The van der Waals surface area contributed by atoms with Gasteiger partial charge in [-0.3, -0.25) is 4.79 Å². The number of hydrogen-bond acceptors (Lipinski definition) is 5. The smallest absolute Gasteiger partial charge is 0.274 e. The summed E-state index contributed by atoms with van der Waals surface area (Å²) in [6.45, 7) is 3.77. The second kappa shape index (κ2) is 8.79. The van der Waals surface area contributed by atoms with Gasteiger partial charge in [-0.25, -0.2) is 17.7 Å². The van der Waals surface area contributed by atoms with E-state index in [2.05, 4.69) is 17.0 Å². The minimum Gasteiger partial charge on any atom is -0.368 e. The molecule has 174 valence electrons. The Morgan fingerprint density at radius 1 is 0.970 bits per heavy atom. The van der Waals surface area contributed by atoms with E-state index in [1.165, 1.54) is 16.2 Å². The van der Waals surface area contributed by atoms with Crippen LogP contribution in [0.3, 0.4) is 0 Å². The van der Waals surface area contributed by atoms with E-state index in [-0.39, 0.29) is 11.8 Å². The first-order valence-electron chi connectivity index (χ1n) is 11.4. The van der Waals surface area contributed by atoms with Crippen molar-refractivity contribution in [1.82, 2.24) is 18.6 Å². The van der Waals surface area contributed by atoms with E-state index >= 15 is 0 Å². The Bertz CT molecular complexity index is 1250. The van der Waals surface area contributed by atoms with Crippen molar-refractivity contribution in [3.63, 3.8) is 0 Å². The van der Waals surface area contributed by atoms with E-state index < -0.39 is 10.0 Å². The van der Waals surface area contributed by atoms with Crippen LogP contribution in [-0.4, -0.2) is 78.4 Å². The number of hydrogen-bond donors (Lipinski definition) is 0. The Balaban J connectivity index is 1.39. The number of piperidine rings is 1. The fraction of sp³-hybridized carbons (Fsp3) is 0.417. The molecular weight excluding hydrogens is 438 g/mol. The molecule has 0 bridgehead atoms. The maximum absolute atomic E-state index is 13.5. The van der Waals surface area contributed by atoms with Gasteiger partial charge in [0.05, 0.1) is 11.8 Å². The van der Waals surface area contributed by atoms with Crippen LogP contribution in [-0.2, 0) is 10.0 Å². The molecule has 4 heterocycles. The van der Waals surface area contributed by atoms with E-state index in [1.54, 1.807) is 0 Å². The van der Waals surface area contributed by atoms with E-state index in [9.17, 15) is 13.2 Å². The molecule has 0 saturated carbocycles. The van der Waals surface area contributed by atoms with Crippen LogP contribution in [0.1, 0.15) is 35.1 Å². The standard InChI is InChI=1S/C24H29N5O3S/c1-33(31,32)28-12-7-8-19(18-28)23-25-22(21-11-5-6-13-29(21)23)24(30)27-16-14-26(15-17-27)20-9-3-2-4-10-20/h2-6,9-11,13,19H,7-8,12,14-18H2,1H3. The molecule has 5 rings (SSSR count). The lowest BCUT2D eigenvalue weighted by atomic mass is 9.99. The van der Waals surface area contributed by atoms with Gasteiger partial charge in [0.2, 0.25) is 10.0 Å². The number of para-hydroxylation sites is 1. The van der Waals surface area contributed by atoms with Crippen LogP contribution in [0, 0.1) is 0 Å². The largest absolute Gasteiger partial charge is 0.368 e. The molecule has 9 heteroatoms. The van der Waals surface area contributed by atoms with E-state index in [1.807, 2.05) is 51.9 Å². The average molecular weight is 468 g/mol. The fourth-order valence-corrected chi connectivity index (χ4v) is 5.83. The number of sulfonamides is 1. The highest BCUT2D eigenvalue weighted by atomic mass is 32.2. The second-order valence-corrected chi connectivity index (χ2v) is 10.8. The molecule has 2 saturated heterocycles. The number of piperazine rings is 1. The van der Waals surface area contributed by atoms with Gasteiger partial charge in [-0.05, 0) is 37.1 Å². The molecule has 33 heavy (non-hydrogen) atoms. The molecule has 0 spiro atoms. The third kappa shape index (κ3) is 4.35.